The summed E-state index contributed by atoms with van der Waals surface area (Å²) in [5, 5.41) is 0. The zero-order chi connectivity index (χ0) is 10.4. The summed E-state index contributed by atoms with van der Waals surface area (Å²) in [7, 11) is 0. The minimum Gasteiger partial charge on any atom is -0.264 e. The third kappa shape index (κ3) is 3.49. The fourth-order valence-electron chi connectivity index (χ4n) is 1.64. The molecule has 1 aromatic rings. The fourth-order valence-corrected chi connectivity index (χ4v) is 1.64. The van der Waals surface area contributed by atoms with Gasteiger partial charge in [-0.05, 0) is 42.4 Å². The highest BCUT2D eigenvalue weighted by Crippen LogP contribution is 2.14. The first-order chi connectivity index (χ1) is 6.74. The Labute approximate surface area is 87.6 Å². The lowest BCUT2D eigenvalue weighted by atomic mass is 9.98. The minimum absolute atomic E-state index is 0.782. The molecule has 0 atom stereocenters. The van der Waals surface area contributed by atoms with Gasteiger partial charge in [-0.3, -0.25) is 4.98 Å². The molecule has 0 aromatic carbocycles. The zero-order valence-electron chi connectivity index (χ0n) is 9.59. The van der Waals surface area contributed by atoms with Crippen LogP contribution in [0.1, 0.15) is 44.7 Å². The average molecular weight is 191 g/mol. The molecule has 0 saturated heterocycles. The van der Waals surface area contributed by atoms with Crippen molar-refractivity contribution in [2.75, 3.05) is 0 Å². The molecule has 0 spiro atoms. The second-order valence-corrected chi connectivity index (χ2v) is 4.33. The molecular weight excluding hydrogens is 170 g/mol. The molecule has 0 aliphatic carbocycles. The van der Waals surface area contributed by atoms with Crippen LogP contribution in [-0.4, -0.2) is 4.98 Å². The first-order valence-corrected chi connectivity index (χ1v) is 5.65. The largest absolute Gasteiger partial charge is 0.264 e. The number of hydrogen-bond donors (Lipinski definition) is 0. The Hall–Kier alpha value is -0.850. The molecule has 78 valence electrons. The number of nitrogens with zero attached hydrogens (tertiary/aromatic N) is 1. The van der Waals surface area contributed by atoms with Gasteiger partial charge in [0.1, 0.15) is 0 Å². The lowest BCUT2D eigenvalue weighted by Crippen LogP contribution is -1.98. The van der Waals surface area contributed by atoms with Crippen LogP contribution < -0.4 is 0 Å². The normalized spacial score (nSPS) is 10.9. The molecule has 0 unspecified atom stereocenters. The Bertz CT molecular complexity index is 266. The van der Waals surface area contributed by atoms with Gasteiger partial charge in [-0.1, -0.05) is 27.2 Å². The van der Waals surface area contributed by atoms with Crippen LogP contribution in [0.2, 0.25) is 0 Å². The summed E-state index contributed by atoms with van der Waals surface area (Å²) in [5.41, 5.74) is 2.94. The quantitative estimate of drug-likeness (QED) is 0.692. The molecule has 1 rings (SSSR count). The van der Waals surface area contributed by atoms with Crippen LogP contribution in [0, 0.1) is 5.92 Å². The van der Waals surface area contributed by atoms with Gasteiger partial charge < -0.3 is 0 Å². The monoisotopic (exact) mass is 191 g/mol. The van der Waals surface area contributed by atoms with E-state index in [0.29, 0.717) is 0 Å². The standard InChI is InChI=1S/C13H21N/c1-4-5-12-8-9-14-10-13(12)7-6-11(2)3/h8-11H,4-7H2,1-3H3. The molecule has 0 amide bonds. The maximum absolute atomic E-state index is 4.21. The predicted octanol–water partition coefficient (Wildman–Crippen LogP) is 3.62. The van der Waals surface area contributed by atoms with Crippen LogP contribution in [0.25, 0.3) is 0 Å². The Kier molecular flexibility index (Phi) is 4.64. The van der Waals surface area contributed by atoms with Crippen LogP contribution in [-0.2, 0) is 12.8 Å². The number of rotatable bonds is 5. The van der Waals surface area contributed by atoms with Crippen LogP contribution in [0.3, 0.4) is 0 Å². The van der Waals surface area contributed by atoms with Crippen LogP contribution in [0.4, 0.5) is 0 Å². The topological polar surface area (TPSA) is 12.9 Å². The number of hydrogen-bond acceptors (Lipinski definition) is 1. The fraction of sp³-hybridized carbons (Fsp3) is 0.615. The second kappa shape index (κ2) is 5.79. The highest BCUT2D eigenvalue weighted by Gasteiger charge is 2.02. The van der Waals surface area contributed by atoms with Crippen LogP contribution >= 0.6 is 0 Å². The Morgan fingerprint density at radius 3 is 2.64 bits per heavy atom. The van der Waals surface area contributed by atoms with Crippen LogP contribution in [0.5, 0.6) is 0 Å². The third-order valence-corrected chi connectivity index (χ3v) is 2.51. The molecular formula is C13H21N. The SMILES string of the molecule is CCCc1ccncc1CCC(C)C. The van der Waals surface area contributed by atoms with Crippen molar-refractivity contribution in [3.8, 4) is 0 Å². The highest BCUT2D eigenvalue weighted by atomic mass is 14.6. The van der Waals surface area contributed by atoms with Gasteiger partial charge in [-0.25, -0.2) is 0 Å². The molecule has 1 nitrogen and oxygen atoms in total. The van der Waals surface area contributed by atoms with Crippen molar-refractivity contribution in [3.05, 3.63) is 29.6 Å². The van der Waals surface area contributed by atoms with Gasteiger partial charge in [0, 0.05) is 12.4 Å². The summed E-state index contributed by atoms with van der Waals surface area (Å²) < 4.78 is 0. The van der Waals surface area contributed by atoms with Crippen molar-refractivity contribution in [1.29, 1.82) is 0 Å². The Morgan fingerprint density at radius 2 is 2.00 bits per heavy atom. The van der Waals surface area contributed by atoms with E-state index in [4.69, 9.17) is 0 Å². The summed E-state index contributed by atoms with van der Waals surface area (Å²) in [6.07, 6.45) is 8.80. The number of pyridine rings is 1. The van der Waals surface area contributed by atoms with Crippen molar-refractivity contribution >= 4 is 0 Å². The van der Waals surface area contributed by atoms with E-state index in [-0.39, 0.29) is 0 Å². The molecule has 14 heavy (non-hydrogen) atoms. The molecule has 1 heteroatoms. The average Bonchev–Trinajstić information content (AvgIpc) is 2.17. The van der Waals surface area contributed by atoms with Gasteiger partial charge in [-0.2, -0.15) is 0 Å². The lowest BCUT2D eigenvalue weighted by Gasteiger charge is -2.09. The van der Waals surface area contributed by atoms with Gasteiger partial charge in [-0.15, -0.1) is 0 Å². The van der Waals surface area contributed by atoms with Crippen molar-refractivity contribution in [2.45, 2.75) is 46.5 Å². The molecule has 0 saturated carbocycles. The van der Waals surface area contributed by atoms with Crippen molar-refractivity contribution in [2.24, 2.45) is 5.92 Å². The first-order valence-electron chi connectivity index (χ1n) is 5.65. The van der Waals surface area contributed by atoms with E-state index in [1.165, 1.54) is 36.8 Å². The maximum Gasteiger partial charge on any atom is 0.0302 e. The Balaban J connectivity index is 2.64. The third-order valence-electron chi connectivity index (χ3n) is 2.51. The minimum atomic E-state index is 0.782. The first kappa shape index (κ1) is 11.2. The molecule has 0 N–H and O–H groups in total. The lowest BCUT2D eigenvalue weighted by molar-refractivity contribution is 0.584. The van der Waals surface area contributed by atoms with Gasteiger partial charge >= 0.3 is 0 Å². The molecule has 0 aliphatic heterocycles. The molecule has 0 aliphatic rings. The summed E-state index contributed by atoms with van der Waals surface area (Å²) in [6.45, 7) is 6.78. The van der Waals surface area contributed by atoms with E-state index in [1.54, 1.807) is 0 Å². The van der Waals surface area contributed by atoms with E-state index in [2.05, 4.69) is 31.8 Å². The highest BCUT2D eigenvalue weighted by molar-refractivity contribution is 5.23. The van der Waals surface area contributed by atoms with E-state index in [0.717, 1.165) is 5.92 Å². The van der Waals surface area contributed by atoms with Gasteiger partial charge in [0.2, 0.25) is 0 Å². The van der Waals surface area contributed by atoms with Gasteiger partial charge in [0.05, 0.1) is 0 Å². The summed E-state index contributed by atoms with van der Waals surface area (Å²) >= 11 is 0. The van der Waals surface area contributed by atoms with E-state index in [9.17, 15) is 0 Å². The van der Waals surface area contributed by atoms with Crippen molar-refractivity contribution in [3.63, 3.8) is 0 Å². The second-order valence-electron chi connectivity index (χ2n) is 4.33. The van der Waals surface area contributed by atoms with Crippen molar-refractivity contribution in [1.82, 2.24) is 4.98 Å². The smallest absolute Gasteiger partial charge is 0.0302 e. The van der Waals surface area contributed by atoms with E-state index < -0.39 is 0 Å². The number of aromatic nitrogens is 1. The van der Waals surface area contributed by atoms with E-state index >= 15 is 0 Å². The predicted molar refractivity (Wildman–Crippen MR) is 61.4 cm³/mol. The van der Waals surface area contributed by atoms with Crippen molar-refractivity contribution < 1.29 is 0 Å². The van der Waals surface area contributed by atoms with Gasteiger partial charge in [0.15, 0.2) is 0 Å². The zero-order valence-corrected chi connectivity index (χ0v) is 9.59. The number of aryl methyl sites for hydroxylation is 2. The van der Waals surface area contributed by atoms with E-state index in [1.807, 2.05) is 12.4 Å². The molecule has 1 heterocycles. The van der Waals surface area contributed by atoms with Crippen LogP contribution in [0.15, 0.2) is 18.5 Å². The Morgan fingerprint density at radius 1 is 1.21 bits per heavy atom. The molecule has 0 fully saturated rings. The maximum atomic E-state index is 4.21. The molecule has 1 aromatic heterocycles. The molecule has 0 radical (unpaired) electrons. The molecule has 0 bridgehead atoms. The summed E-state index contributed by atoms with van der Waals surface area (Å²) in [4.78, 5) is 4.21. The summed E-state index contributed by atoms with van der Waals surface area (Å²) in [5.74, 6) is 0.782. The van der Waals surface area contributed by atoms with Gasteiger partial charge in [0.25, 0.3) is 0 Å². The summed E-state index contributed by atoms with van der Waals surface area (Å²) in [6, 6.07) is 2.17.